The molecule has 0 aromatic heterocycles. The van der Waals surface area contributed by atoms with E-state index in [-0.39, 0.29) is 29.6 Å². The lowest BCUT2D eigenvalue weighted by Gasteiger charge is -2.61. The Morgan fingerprint density at radius 1 is 1.08 bits per heavy atom. The number of carbonyl (C=O) groups excluding carboxylic acids is 1. The molecule has 6 heteroatoms. The normalized spacial score (nSPS) is 40.8. The molecule has 5 unspecified atom stereocenters. The lowest BCUT2D eigenvalue weighted by molar-refractivity contribution is -0.207. The quantitative estimate of drug-likeness (QED) is 0.733. The third-order valence-corrected chi connectivity index (χ3v) is 6.95. The van der Waals surface area contributed by atoms with Gasteiger partial charge in [0.2, 0.25) is 0 Å². The average molecular weight is 354 g/mol. The number of aliphatic carboxylic acids is 2. The number of fused-ring (bicyclic) bond motifs is 1. The van der Waals surface area contributed by atoms with Crippen LogP contribution in [-0.2, 0) is 19.1 Å². The molecule has 0 saturated heterocycles. The number of carboxylic acids is 2. The Morgan fingerprint density at radius 2 is 1.72 bits per heavy atom. The predicted molar refractivity (Wildman–Crippen MR) is 91.0 cm³/mol. The standard InChI is InChI=1S/C19H30O6/c1-12(20)25-19(4)11-8-13-17(2,14(19)6-7-15(21)22)9-5-10-18(13,3)16(23)24/h13-14H,5-11H2,1-4H3,(H,21,22)(H,23,24). The number of rotatable bonds is 5. The molecule has 0 radical (unpaired) electrons. The van der Waals surface area contributed by atoms with Gasteiger partial charge in [0, 0.05) is 19.3 Å². The van der Waals surface area contributed by atoms with E-state index in [2.05, 4.69) is 6.92 Å². The van der Waals surface area contributed by atoms with Gasteiger partial charge in [0.15, 0.2) is 0 Å². The van der Waals surface area contributed by atoms with Crippen LogP contribution in [0.4, 0.5) is 0 Å². The summed E-state index contributed by atoms with van der Waals surface area (Å²) in [6, 6.07) is 0. The van der Waals surface area contributed by atoms with Crippen LogP contribution in [0.5, 0.6) is 0 Å². The van der Waals surface area contributed by atoms with Crippen LogP contribution >= 0.6 is 0 Å². The van der Waals surface area contributed by atoms with Crippen LogP contribution in [0.2, 0.25) is 0 Å². The van der Waals surface area contributed by atoms with Crippen molar-refractivity contribution in [2.24, 2.45) is 22.7 Å². The number of ether oxygens (including phenoxy) is 1. The molecular formula is C19H30O6. The smallest absolute Gasteiger partial charge is 0.309 e. The highest BCUT2D eigenvalue weighted by molar-refractivity contribution is 5.75. The van der Waals surface area contributed by atoms with Crippen LogP contribution in [-0.4, -0.2) is 33.7 Å². The summed E-state index contributed by atoms with van der Waals surface area (Å²) in [4.78, 5) is 34.8. The lowest BCUT2D eigenvalue weighted by Crippen LogP contribution is -2.60. The van der Waals surface area contributed by atoms with Gasteiger partial charge < -0.3 is 14.9 Å². The molecule has 2 rings (SSSR count). The van der Waals surface area contributed by atoms with Gasteiger partial charge in [0.1, 0.15) is 5.60 Å². The Balaban J connectivity index is 2.45. The van der Waals surface area contributed by atoms with Gasteiger partial charge in [-0.25, -0.2) is 0 Å². The Bertz CT molecular complexity index is 572. The molecule has 0 bridgehead atoms. The number of carbonyl (C=O) groups is 3. The van der Waals surface area contributed by atoms with E-state index >= 15 is 0 Å². The molecule has 5 atom stereocenters. The van der Waals surface area contributed by atoms with Crippen molar-refractivity contribution in [1.82, 2.24) is 0 Å². The largest absolute Gasteiger partial charge is 0.481 e. The fourth-order valence-corrected chi connectivity index (χ4v) is 5.89. The van der Waals surface area contributed by atoms with Gasteiger partial charge in [-0.3, -0.25) is 14.4 Å². The zero-order valence-electron chi connectivity index (χ0n) is 15.6. The third-order valence-electron chi connectivity index (χ3n) is 6.95. The van der Waals surface area contributed by atoms with Gasteiger partial charge in [-0.1, -0.05) is 13.3 Å². The van der Waals surface area contributed by atoms with Gasteiger partial charge in [-0.15, -0.1) is 0 Å². The summed E-state index contributed by atoms with van der Waals surface area (Å²) >= 11 is 0. The summed E-state index contributed by atoms with van der Waals surface area (Å²) < 4.78 is 5.69. The maximum atomic E-state index is 12.0. The minimum Gasteiger partial charge on any atom is -0.481 e. The summed E-state index contributed by atoms with van der Waals surface area (Å²) in [5.74, 6) is -2.25. The average Bonchev–Trinajstić information content (AvgIpc) is 2.44. The van der Waals surface area contributed by atoms with Gasteiger partial charge in [-0.05, 0) is 57.3 Å². The summed E-state index contributed by atoms with van der Waals surface area (Å²) in [5.41, 5.74) is -1.92. The highest BCUT2D eigenvalue weighted by Crippen LogP contribution is 2.63. The van der Waals surface area contributed by atoms with Crippen LogP contribution in [0.15, 0.2) is 0 Å². The number of hydrogen-bond acceptors (Lipinski definition) is 4. The van der Waals surface area contributed by atoms with Crippen molar-refractivity contribution in [2.45, 2.75) is 78.2 Å². The molecule has 25 heavy (non-hydrogen) atoms. The van der Waals surface area contributed by atoms with Crippen LogP contribution in [0, 0.1) is 22.7 Å². The fourth-order valence-electron chi connectivity index (χ4n) is 5.89. The first-order valence-corrected chi connectivity index (χ1v) is 9.10. The molecule has 6 nitrogen and oxygen atoms in total. The van der Waals surface area contributed by atoms with E-state index in [1.807, 2.05) is 13.8 Å². The highest BCUT2D eigenvalue weighted by Gasteiger charge is 2.62. The SMILES string of the molecule is CC(=O)OC1(C)CCC2C(C)(C(=O)O)CCCC2(C)C1CCC(=O)O. The second-order valence-electron chi connectivity index (χ2n) is 8.56. The second kappa shape index (κ2) is 6.61. The number of hydrogen-bond donors (Lipinski definition) is 2. The minimum absolute atomic E-state index is 0.00633. The molecule has 0 amide bonds. The van der Waals surface area contributed by atoms with E-state index in [0.717, 1.165) is 12.8 Å². The van der Waals surface area contributed by atoms with Gasteiger partial charge >= 0.3 is 17.9 Å². The molecule has 2 fully saturated rings. The van der Waals surface area contributed by atoms with E-state index in [1.54, 1.807) is 0 Å². The van der Waals surface area contributed by atoms with Crippen molar-refractivity contribution in [3.8, 4) is 0 Å². The van der Waals surface area contributed by atoms with Crippen molar-refractivity contribution >= 4 is 17.9 Å². The topological polar surface area (TPSA) is 101 Å². The van der Waals surface area contributed by atoms with Crippen molar-refractivity contribution in [3.63, 3.8) is 0 Å². The Morgan fingerprint density at radius 3 is 2.24 bits per heavy atom. The highest BCUT2D eigenvalue weighted by atomic mass is 16.6. The van der Waals surface area contributed by atoms with Crippen molar-refractivity contribution < 1.29 is 29.3 Å². The zero-order chi connectivity index (χ0) is 19.0. The van der Waals surface area contributed by atoms with E-state index in [0.29, 0.717) is 25.7 Å². The van der Waals surface area contributed by atoms with E-state index in [1.165, 1.54) is 6.92 Å². The van der Waals surface area contributed by atoms with E-state index < -0.39 is 23.0 Å². The van der Waals surface area contributed by atoms with E-state index in [4.69, 9.17) is 9.84 Å². The third kappa shape index (κ3) is 3.40. The van der Waals surface area contributed by atoms with Gasteiger partial charge in [-0.2, -0.15) is 0 Å². The van der Waals surface area contributed by atoms with Gasteiger partial charge in [0.05, 0.1) is 5.41 Å². The first-order chi connectivity index (χ1) is 11.5. The summed E-state index contributed by atoms with van der Waals surface area (Å²) in [6.07, 6.45) is 3.89. The molecule has 0 aromatic rings. The second-order valence-corrected chi connectivity index (χ2v) is 8.56. The minimum atomic E-state index is -0.882. The molecule has 2 aliphatic rings. The molecule has 2 aliphatic carbocycles. The van der Waals surface area contributed by atoms with Crippen LogP contribution in [0.3, 0.4) is 0 Å². The predicted octanol–water partition coefficient (Wildman–Crippen LogP) is 3.48. The molecule has 2 N–H and O–H groups in total. The monoisotopic (exact) mass is 354 g/mol. The molecule has 0 aromatic carbocycles. The fraction of sp³-hybridized carbons (Fsp3) is 0.842. The van der Waals surface area contributed by atoms with Crippen LogP contribution in [0.1, 0.15) is 72.6 Å². The molecule has 142 valence electrons. The van der Waals surface area contributed by atoms with Crippen LogP contribution < -0.4 is 0 Å². The van der Waals surface area contributed by atoms with E-state index in [9.17, 15) is 19.5 Å². The summed E-state index contributed by atoms with van der Waals surface area (Å²) in [5, 5.41) is 19.0. The molecule has 0 spiro atoms. The van der Waals surface area contributed by atoms with Crippen molar-refractivity contribution in [1.29, 1.82) is 0 Å². The van der Waals surface area contributed by atoms with Gasteiger partial charge in [0.25, 0.3) is 0 Å². The summed E-state index contributed by atoms with van der Waals surface area (Å²) in [6.45, 7) is 7.15. The zero-order valence-corrected chi connectivity index (χ0v) is 15.6. The molecule has 0 heterocycles. The first kappa shape index (κ1) is 19.7. The Hall–Kier alpha value is -1.59. The van der Waals surface area contributed by atoms with Crippen molar-refractivity contribution in [2.75, 3.05) is 0 Å². The maximum absolute atomic E-state index is 12.0. The van der Waals surface area contributed by atoms with Crippen molar-refractivity contribution in [3.05, 3.63) is 0 Å². The number of carboxylic acid groups (broad SMARTS) is 2. The lowest BCUT2D eigenvalue weighted by atomic mass is 9.44. The Labute approximate surface area is 148 Å². The summed E-state index contributed by atoms with van der Waals surface area (Å²) in [7, 11) is 0. The Kier molecular flexibility index (Phi) is 5.22. The maximum Gasteiger partial charge on any atom is 0.309 e. The molecular weight excluding hydrogens is 324 g/mol. The molecule has 2 saturated carbocycles. The molecule has 0 aliphatic heterocycles. The van der Waals surface area contributed by atoms with Crippen LogP contribution in [0.25, 0.3) is 0 Å². The number of esters is 1. The first-order valence-electron chi connectivity index (χ1n) is 9.10.